The van der Waals surface area contributed by atoms with Gasteiger partial charge in [0.25, 0.3) is 0 Å². The number of thiophene rings is 1. The van der Waals surface area contributed by atoms with Gasteiger partial charge < -0.3 is 10.0 Å². The van der Waals surface area contributed by atoms with E-state index in [0.717, 1.165) is 16.9 Å². The minimum atomic E-state index is -0.970. The standard InChI is InChI=1S/C12H13NO3S/c1-2-3-10(14)13-6-4-9-8(5-7-17-9)11(13)12(15)16/h2-3,5,7,11H,4,6H2,1H3,(H,15,16). The highest BCUT2D eigenvalue weighted by Gasteiger charge is 2.35. The molecule has 1 atom stereocenters. The van der Waals surface area contributed by atoms with Crippen LogP contribution in [0.25, 0.3) is 0 Å². The van der Waals surface area contributed by atoms with Crippen LogP contribution in [0.4, 0.5) is 0 Å². The number of hydrogen-bond acceptors (Lipinski definition) is 3. The molecule has 1 aromatic rings. The molecule has 4 nitrogen and oxygen atoms in total. The second kappa shape index (κ2) is 4.71. The maximum Gasteiger partial charge on any atom is 0.331 e. The largest absolute Gasteiger partial charge is 0.479 e. The third-order valence-corrected chi connectivity index (χ3v) is 3.79. The molecule has 2 heterocycles. The lowest BCUT2D eigenvalue weighted by Crippen LogP contribution is -2.42. The molecular formula is C12H13NO3S. The average Bonchev–Trinajstić information content (AvgIpc) is 2.75. The predicted molar refractivity (Wildman–Crippen MR) is 64.9 cm³/mol. The molecule has 17 heavy (non-hydrogen) atoms. The number of carbonyl (C=O) groups excluding carboxylic acids is 1. The maximum absolute atomic E-state index is 11.8. The maximum atomic E-state index is 11.8. The fourth-order valence-electron chi connectivity index (χ4n) is 2.06. The fourth-order valence-corrected chi connectivity index (χ4v) is 2.96. The molecule has 1 unspecified atom stereocenters. The zero-order valence-corrected chi connectivity index (χ0v) is 10.2. The lowest BCUT2D eigenvalue weighted by atomic mass is 10.00. The van der Waals surface area contributed by atoms with E-state index in [-0.39, 0.29) is 5.91 Å². The minimum absolute atomic E-state index is 0.239. The van der Waals surface area contributed by atoms with E-state index < -0.39 is 12.0 Å². The Morgan fingerprint density at radius 3 is 3.00 bits per heavy atom. The highest BCUT2D eigenvalue weighted by molar-refractivity contribution is 7.10. The van der Waals surface area contributed by atoms with E-state index >= 15 is 0 Å². The molecular weight excluding hydrogens is 238 g/mol. The first-order valence-corrected chi connectivity index (χ1v) is 6.25. The SMILES string of the molecule is CC=CC(=O)N1CCc2sccc2C1C(=O)O. The Morgan fingerprint density at radius 1 is 1.59 bits per heavy atom. The normalized spacial score (nSPS) is 19.4. The third kappa shape index (κ3) is 2.10. The lowest BCUT2D eigenvalue weighted by molar-refractivity contribution is -0.149. The Hall–Kier alpha value is -1.62. The fraction of sp³-hybridized carbons (Fsp3) is 0.333. The topological polar surface area (TPSA) is 57.6 Å². The molecule has 0 radical (unpaired) electrons. The number of hydrogen-bond donors (Lipinski definition) is 1. The van der Waals surface area contributed by atoms with Gasteiger partial charge in [-0.3, -0.25) is 4.79 Å². The van der Waals surface area contributed by atoms with E-state index in [2.05, 4.69) is 0 Å². The molecule has 1 aromatic heterocycles. The van der Waals surface area contributed by atoms with Gasteiger partial charge >= 0.3 is 5.97 Å². The summed E-state index contributed by atoms with van der Waals surface area (Å²) in [5.74, 6) is -1.21. The highest BCUT2D eigenvalue weighted by atomic mass is 32.1. The van der Waals surface area contributed by atoms with Crippen molar-refractivity contribution in [3.63, 3.8) is 0 Å². The van der Waals surface area contributed by atoms with Crippen molar-refractivity contribution >= 4 is 23.2 Å². The van der Waals surface area contributed by atoms with E-state index in [9.17, 15) is 14.7 Å². The third-order valence-electron chi connectivity index (χ3n) is 2.79. The summed E-state index contributed by atoms with van der Waals surface area (Å²) < 4.78 is 0. The van der Waals surface area contributed by atoms with Gasteiger partial charge in [-0.15, -0.1) is 11.3 Å². The van der Waals surface area contributed by atoms with E-state index in [0.29, 0.717) is 6.54 Å². The van der Waals surface area contributed by atoms with Crippen molar-refractivity contribution in [2.45, 2.75) is 19.4 Å². The summed E-state index contributed by atoms with van der Waals surface area (Å²) in [6.07, 6.45) is 3.78. The summed E-state index contributed by atoms with van der Waals surface area (Å²) in [5, 5.41) is 11.2. The number of rotatable bonds is 2. The van der Waals surface area contributed by atoms with Gasteiger partial charge in [0.2, 0.25) is 5.91 Å². The van der Waals surface area contributed by atoms with Crippen molar-refractivity contribution in [3.8, 4) is 0 Å². The van der Waals surface area contributed by atoms with Crippen LogP contribution >= 0.6 is 11.3 Å². The van der Waals surface area contributed by atoms with E-state index in [1.165, 1.54) is 11.0 Å². The van der Waals surface area contributed by atoms with Gasteiger partial charge in [-0.05, 0) is 36.4 Å². The van der Waals surface area contributed by atoms with E-state index in [4.69, 9.17) is 0 Å². The minimum Gasteiger partial charge on any atom is -0.479 e. The summed E-state index contributed by atoms with van der Waals surface area (Å²) in [4.78, 5) is 25.6. The zero-order valence-electron chi connectivity index (χ0n) is 9.42. The number of carboxylic acid groups (broad SMARTS) is 1. The summed E-state index contributed by atoms with van der Waals surface area (Å²) in [6.45, 7) is 2.21. The summed E-state index contributed by atoms with van der Waals surface area (Å²) in [6, 6.07) is 0.960. The number of allylic oxidation sites excluding steroid dienone is 1. The first-order chi connectivity index (χ1) is 8.15. The van der Waals surface area contributed by atoms with Crippen LogP contribution in [0.5, 0.6) is 0 Å². The summed E-state index contributed by atoms with van der Waals surface area (Å²) in [5.41, 5.74) is 0.756. The molecule has 0 aliphatic carbocycles. The van der Waals surface area contributed by atoms with Crippen molar-refractivity contribution in [2.24, 2.45) is 0 Å². The molecule has 90 valence electrons. The zero-order chi connectivity index (χ0) is 12.4. The van der Waals surface area contributed by atoms with Crippen LogP contribution in [0.2, 0.25) is 0 Å². The molecule has 1 aliphatic heterocycles. The Morgan fingerprint density at radius 2 is 2.35 bits per heavy atom. The molecule has 1 N–H and O–H groups in total. The first kappa shape index (κ1) is 11.9. The quantitative estimate of drug-likeness (QED) is 0.816. The van der Waals surface area contributed by atoms with Crippen LogP contribution in [-0.4, -0.2) is 28.4 Å². The number of aliphatic carboxylic acids is 1. The number of carboxylic acids is 1. The van der Waals surface area contributed by atoms with Gasteiger partial charge in [0.1, 0.15) is 0 Å². The Labute approximate surface area is 103 Å². The average molecular weight is 251 g/mol. The second-order valence-corrected chi connectivity index (χ2v) is 4.82. The van der Waals surface area contributed by atoms with Gasteiger partial charge in [-0.1, -0.05) is 6.08 Å². The summed E-state index contributed by atoms with van der Waals surface area (Å²) >= 11 is 1.55. The molecule has 0 aromatic carbocycles. The van der Waals surface area contributed by atoms with Crippen LogP contribution < -0.4 is 0 Å². The van der Waals surface area contributed by atoms with Crippen LogP contribution in [0, 0.1) is 0 Å². The molecule has 2 rings (SSSR count). The van der Waals surface area contributed by atoms with Crippen molar-refractivity contribution in [1.82, 2.24) is 4.90 Å². The van der Waals surface area contributed by atoms with Crippen molar-refractivity contribution in [1.29, 1.82) is 0 Å². The van der Waals surface area contributed by atoms with Gasteiger partial charge in [0, 0.05) is 11.4 Å². The molecule has 1 aliphatic rings. The van der Waals surface area contributed by atoms with Crippen LogP contribution in [0.3, 0.4) is 0 Å². The molecule has 5 heteroatoms. The van der Waals surface area contributed by atoms with Gasteiger partial charge in [-0.2, -0.15) is 0 Å². The van der Waals surface area contributed by atoms with Crippen molar-refractivity contribution in [3.05, 3.63) is 34.0 Å². The Kier molecular flexibility index (Phi) is 3.28. The predicted octanol–water partition coefficient (Wildman–Crippen LogP) is 1.83. The number of fused-ring (bicyclic) bond motifs is 1. The molecule has 0 saturated carbocycles. The first-order valence-electron chi connectivity index (χ1n) is 5.37. The van der Waals surface area contributed by atoms with Crippen molar-refractivity contribution < 1.29 is 14.7 Å². The van der Waals surface area contributed by atoms with Crippen LogP contribution in [0.1, 0.15) is 23.4 Å². The second-order valence-electron chi connectivity index (χ2n) is 3.82. The number of amides is 1. The molecule has 1 amide bonds. The Bertz CT molecular complexity index is 478. The number of nitrogens with zero attached hydrogens (tertiary/aromatic N) is 1. The molecule has 0 fully saturated rings. The molecule has 0 bridgehead atoms. The monoisotopic (exact) mass is 251 g/mol. The number of carbonyl (C=O) groups is 2. The van der Waals surface area contributed by atoms with Gasteiger partial charge in [-0.25, -0.2) is 4.79 Å². The van der Waals surface area contributed by atoms with Crippen LogP contribution in [0.15, 0.2) is 23.6 Å². The van der Waals surface area contributed by atoms with E-state index in [1.807, 2.05) is 5.38 Å². The smallest absolute Gasteiger partial charge is 0.331 e. The Balaban J connectivity index is 2.37. The summed E-state index contributed by atoms with van der Waals surface area (Å²) in [7, 11) is 0. The lowest BCUT2D eigenvalue weighted by Gasteiger charge is -2.32. The highest BCUT2D eigenvalue weighted by Crippen LogP contribution is 2.33. The van der Waals surface area contributed by atoms with E-state index in [1.54, 1.807) is 30.4 Å². The van der Waals surface area contributed by atoms with Crippen LogP contribution in [-0.2, 0) is 16.0 Å². The van der Waals surface area contributed by atoms with Crippen molar-refractivity contribution in [2.75, 3.05) is 6.54 Å². The van der Waals surface area contributed by atoms with Gasteiger partial charge in [0.05, 0.1) is 0 Å². The van der Waals surface area contributed by atoms with Gasteiger partial charge in [0.15, 0.2) is 6.04 Å². The molecule has 0 spiro atoms. The molecule has 0 saturated heterocycles.